The first-order valence-electron chi connectivity index (χ1n) is 7.64. The fourth-order valence-electron chi connectivity index (χ4n) is 2.09. The standard InChI is InChI=1S/C18H16F3NO4/c1-11(25-16(23)10-12-6-2-3-7-13(12)19)17(24)22-14-8-4-5-9-15(14)26-18(20)21/h2-9,11,18H,10H2,1H3,(H,22,24)/t11-/m1/s1. The highest BCUT2D eigenvalue weighted by atomic mass is 19.3. The first kappa shape index (κ1) is 19.3. The second kappa shape index (κ2) is 8.89. The fourth-order valence-corrected chi connectivity index (χ4v) is 2.09. The van der Waals surface area contributed by atoms with Crippen LogP contribution >= 0.6 is 0 Å². The predicted octanol–water partition coefficient (Wildman–Crippen LogP) is 3.54. The van der Waals surface area contributed by atoms with Crippen LogP contribution in [0.5, 0.6) is 5.75 Å². The number of alkyl halides is 2. The van der Waals surface area contributed by atoms with Crippen LogP contribution in [0.25, 0.3) is 0 Å². The summed E-state index contributed by atoms with van der Waals surface area (Å²) in [4.78, 5) is 24.0. The van der Waals surface area contributed by atoms with Gasteiger partial charge in [0.05, 0.1) is 12.1 Å². The molecular formula is C18H16F3NO4. The van der Waals surface area contributed by atoms with E-state index < -0.39 is 30.4 Å². The maximum absolute atomic E-state index is 13.5. The predicted molar refractivity (Wildman–Crippen MR) is 87.4 cm³/mol. The van der Waals surface area contributed by atoms with Gasteiger partial charge in [0.25, 0.3) is 5.91 Å². The summed E-state index contributed by atoms with van der Waals surface area (Å²) >= 11 is 0. The number of amides is 1. The molecule has 2 aromatic rings. The third-order valence-corrected chi connectivity index (χ3v) is 3.33. The molecule has 0 bridgehead atoms. The molecule has 0 aromatic heterocycles. The second-order valence-electron chi connectivity index (χ2n) is 5.26. The number of hydrogen-bond acceptors (Lipinski definition) is 4. The summed E-state index contributed by atoms with van der Waals surface area (Å²) in [6.07, 6.45) is -1.55. The van der Waals surface area contributed by atoms with Gasteiger partial charge in [-0.25, -0.2) is 4.39 Å². The lowest BCUT2D eigenvalue weighted by atomic mass is 10.1. The van der Waals surface area contributed by atoms with Crippen molar-refractivity contribution in [1.82, 2.24) is 0 Å². The minimum atomic E-state index is -3.05. The molecule has 0 aliphatic rings. The Kier molecular flexibility index (Phi) is 6.60. The highest BCUT2D eigenvalue weighted by Gasteiger charge is 2.20. The van der Waals surface area contributed by atoms with Gasteiger partial charge in [-0.1, -0.05) is 30.3 Å². The van der Waals surface area contributed by atoms with Crippen LogP contribution in [0.3, 0.4) is 0 Å². The second-order valence-corrected chi connectivity index (χ2v) is 5.26. The van der Waals surface area contributed by atoms with Gasteiger partial charge >= 0.3 is 12.6 Å². The lowest BCUT2D eigenvalue weighted by Gasteiger charge is -2.16. The van der Waals surface area contributed by atoms with E-state index in [9.17, 15) is 22.8 Å². The van der Waals surface area contributed by atoms with Crippen molar-refractivity contribution in [2.45, 2.75) is 26.1 Å². The SMILES string of the molecule is C[C@@H](OC(=O)Cc1ccccc1F)C(=O)Nc1ccccc1OC(F)F. The summed E-state index contributed by atoms with van der Waals surface area (Å²) in [5.74, 6) is -2.31. The molecule has 2 aromatic carbocycles. The molecule has 5 nitrogen and oxygen atoms in total. The number of ether oxygens (including phenoxy) is 2. The zero-order chi connectivity index (χ0) is 19.1. The van der Waals surface area contributed by atoms with Crippen LogP contribution in [0, 0.1) is 5.82 Å². The van der Waals surface area contributed by atoms with E-state index in [1.807, 2.05) is 0 Å². The average molecular weight is 367 g/mol. The van der Waals surface area contributed by atoms with Crippen LogP contribution in [-0.4, -0.2) is 24.6 Å². The van der Waals surface area contributed by atoms with Gasteiger partial charge in [-0.2, -0.15) is 8.78 Å². The molecule has 0 aliphatic heterocycles. The van der Waals surface area contributed by atoms with E-state index in [1.54, 1.807) is 6.07 Å². The maximum atomic E-state index is 13.5. The summed E-state index contributed by atoms with van der Waals surface area (Å²) in [7, 11) is 0. The lowest BCUT2D eigenvalue weighted by Crippen LogP contribution is -2.30. The molecular weight excluding hydrogens is 351 g/mol. The van der Waals surface area contributed by atoms with Crippen molar-refractivity contribution in [2.75, 3.05) is 5.32 Å². The number of benzene rings is 2. The normalized spacial score (nSPS) is 11.7. The van der Waals surface area contributed by atoms with Crippen LogP contribution < -0.4 is 10.1 Å². The monoisotopic (exact) mass is 367 g/mol. The molecule has 1 N–H and O–H groups in total. The van der Waals surface area contributed by atoms with Crippen LogP contribution in [0.2, 0.25) is 0 Å². The number of esters is 1. The van der Waals surface area contributed by atoms with Gasteiger partial charge < -0.3 is 14.8 Å². The zero-order valence-electron chi connectivity index (χ0n) is 13.7. The lowest BCUT2D eigenvalue weighted by molar-refractivity contribution is -0.152. The van der Waals surface area contributed by atoms with Gasteiger partial charge in [0.15, 0.2) is 6.10 Å². The molecule has 0 aliphatic carbocycles. The summed E-state index contributed by atoms with van der Waals surface area (Å²) < 4.78 is 47.5. The largest absolute Gasteiger partial charge is 0.452 e. The zero-order valence-corrected chi connectivity index (χ0v) is 13.7. The van der Waals surface area contributed by atoms with Gasteiger partial charge in [-0.3, -0.25) is 9.59 Å². The molecule has 8 heteroatoms. The molecule has 1 atom stereocenters. The number of hydrogen-bond donors (Lipinski definition) is 1. The molecule has 0 unspecified atom stereocenters. The molecule has 1 amide bonds. The molecule has 0 radical (unpaired) electrons. The number of para-hydroxylation sites is 2. The van der Waals surface area contributed by atoms with Gasteiger partial charge in [-0.05, 0) is 30.7 Å². The summed E-state index contributed by atoms with van der Waals surface area (Å²) in [6.45, 7) is -1.74. The van der Waals surface area contributed by atoms with Crippen molar-refractivity contribution in [3.63, 3.8) is 0 Å². The smallest absolute Gasteiger partial charge is 0.387 e. The first-order chi connectivity index (χ1) is 12.4. The minimum absolute atomic E-state index is 0.00908. The number of rotatable bonds is 7. The molecule has 138 valence electrons. The van der Waals surface area contributed by atoms with Gasteiger partial charge in [0.1, 0.15) is 11.6 Å². The van der Waals surface area contributed by atoms with Crippen molar-refractivity contribution >= 4 is 17.6 Å². The topological polar surface area (TPSA) is 64.6 Å². The molecule has 0 saturated heterocycles. The summed E-state index contributed by atoms with van der Waals surface area (Å²) in [5, 5.41) is 2.35. The number of nitrogens with one attached hydrogen (secondary N) is 1. The Morgan fingerprint density at radius 3 is 2.42 bits per heavy atom. The van der Waals surface area contributed by atoms with E-state index in [1.165, 1.54) is 49.4 Å². The highest BCUT2D eigenvalue weighted by Crippen LogP contribution is 2.25. The molecule has 0 saturated carbocycles. The minimum Gasteiger partial charge on any atom is -0.452 e. The Morgan fingerprint density at radius 2 is 1.73 bits per heavy atom. The molecule has 26 heavy (non-hydrogen) atoms. The van der Waals surface area contributed by atoms with Gasteiger partial charge in [-0.15, -0.1) is 0 Å². The first-order valence-corrected chi connectivity index (χ1v) is 7.64. The Morgan fingerprint density at radius 1 is 1.08 bits per heavy atom. The van der Waals surface area contributed by atoms with Crippen molar-refractivity contribution in [2.24, 2.45) is 0 Å². The van der Waals surface area contributed by atoms with Gasteiger partial charge in [0.2, 0.25) is 0 Å². The fraction of sp³-hybridized carbons (Fsp3) is 0.222. The molecule has 0 spiro atoms. The van der Waals surface area contributed by atoms with Crippen molar-refractivity contribution in [1.29, 1.82) is 0 Å². The van der Waals surface area contributed by atoms with Crippen molar-refractivity contribution in [3.05, 3.63) is 59.9 Å². The van der Waals surface area contributed by atoms with E-state index in [0.29, 0.717) is 0 Å². The van der Waals surface area contributed by atoms with E-state index in [4.69, 9.17) is 4.74 Å². The Labute approximate surface area is 147 Å². The molecule has 0 fully saturated rings. The highest BCUT2D eigenvalue weighted by molar-refractivity contribution is 5.96. The Bertz CT molecular complexity index is 783. The van der Waals surface area contributed by atoms with Crippen molar-refractivity contribution in [3.8, 4) is 5.75 Å². The molecule has 2 rings (SSSR count). The van der Waals surface area contributed by atoms with Crippen LogP contribution in [0.4, 0.5) is 18.9 Å². The third-order valence-electron chi connectivity index (χ3n) is 3.33. The average Bonchev–Trinajstić information content (AvgIpc) is 2.58. The van der Waals surface area contributed by atoms with Crippen LogP contribution in [-0.2, 0) is 20.7 Å². The Balaban J connectivity index is 1.95. The Hall–Kier alpha value is -3.03. The van der Waals surface area contributed by atoms with E-state index in [2.05, 4.69) is 10.1 Å². The van der Waals surface area contributed by atoms with Crippen molar-refractivity contribution < 1.29 is 32.2 Å². The number of anilines is 1. The van der Waals surface area contributed by atoms with E-state index in [-0.39, 0.29) is 23.4 Å². The summed E-state index contributed by atoms with van der Waals surface area (Å²) in [6, 6.07) is 11.3. The number of halogens is 3. The van der Waals surface area contributed by atoms with Gasteiger partial charge in [0, 0.05) is 0 Å². The summed E-state index contributed by atoms with van der Waals surface area (Å²) in [5.41, 5.74) is 0.149. The molecule has 0 heterocycles. The van der Waals surface area contributed by atoms with Crippen LogP contribution in [0.15, 0.2) is 48.5 Å². The van der Waals surface area contributed by atoms with Crippen LogP contribution in [0.1, 0.15) is 12.5 Å². The van der Waals surface area contributed by atoms with E-state index >= 15 is 0 Å². The third kappa shape index (κ3) is 5.51. The van der Waals surface area contributed by atoms with E-state index in [0.717, 1.165) is 0 Å². The quantitative estimate of drug-likeness (QED) is 0.761. The number of carbonyl (C=O) groups is 2. The maximum Gasteiger partial charge on any atom is 0.387 e. The number of carbonyl (C=O) groups excluding carboxylic acids is 2.